The number of methoxy groups -OCH3 is 1. The molecule has 0 aromatic carbocycles. The fourth-order valence-electron chi connectivity index (χ4n) is 2.77. The molecule has 2 heterocycles. The number of rotatable bonds is 5. The Labute approximate surface area is 123 Å². The summed E-state index contributed by atoms with van der Waals surface area (Å²) < 4.78 is 5.13. The Kier molecular flexibility index (Phi) is 5.12. The van der Waals surface area contributed by atoms with E-state index in [1.807, 2.05) is 11.8 Å². The molecule has 0 aliphatic carbocycles. The largest absolute Gasteiger partial charge is 0.396 e. The zero-order valence-corrected chi connectivity index (χ0v) is 12.9. The van der Waals surface area contributed by atoms with Gasteiger partial charge in [0, 0.05) is 37.1 Å². The molecule has 1 saturated heterocycles. The molecule has 1 amide bonds. The van der Waals surface area contributed by atoms with Crippen molar-refractivity contribution in [2.45, 2.75) is 26.2 Å². The summed E-state index contributed by atoms with van der Waals surface area (Å²) in [6.07, 6.45) is 2.63. The van der Waals surface area contributed by atoms with Crippen LogP contribution in [0.5, 0.6) is 0 Å². The molecule has 1 aliphatic heterocycles. The predicted molar refractivity (Wildman–Crippen MR) is 78.0 cm³/mol. The molecule has 0 saturated carbocycles. The topological polar surface area (TPSA) is 62.7 Å². The molecule has 0 bridgehead atoms. The second-order valence-electron chi connectivity index (χ2n) is 5.49. The predicted octanol–water partition coefficient (Wildman–Crippen LogP) is 1.70. The van der Waals surface area contributed by atoms with Crippen molar-refractivity contribution < 1.29 is 14.6 Å². The van der Waals surface area contributed by atoms with E-state index in [1.165, 1.54) is 11.3 Å². The normalized spacial score (nSPS) is 23.1. The Hall–Kier alpha value is -0.980. The molecule has 1 fully saturated rings. The third-order valence-corrected chi connectivity index (χ3v) is 4.83. The summed E-state index contributed by atoms with van der Waals surface area (Å²) in [5, 5.41) is 9.75. The highest BCUT2D eigenvalue weighted by atomic mass is 32.1. The van der Waals surface area contributed by atoms with Gasteiger partial charge in [-0.05, 0) is 26.2 Å². The molecule has 1 atom stereocenters. The minimum atomic E-state index is -0.228. The quantitative estimate of drug-likeness (QED) is 0.899. The monoisotopic (exact) mass is 298 g/mol. The van der Waals surface area contributed by atoms with Gasteiger partial charge in [0.2, 0.25) is 0 Å². The number of aliphatic hydroxyl groups is 1. The summed E-state index contributed by atoms with van der Waals surface area (Å²) in [6, 6.07) is 0. The van der Waals surface area contributed by atoms with E-state index in [4.69, 9.17) is 4.74 Å². The fraction of sp³-hybridized carbons (Fsp3) is 0.714. The molecule has 0 radical (unpaired) electrons. The Morgan fingerprint density at radius 2 is 2.45 bits per heavy atom. The first-order valence-electron chi connectivity index (χ1n) is 6.91. The maximum atomic E-state index is 12.5. The molecule has 0 spiro atoms. The van der Waals surface area contributed by atoms with E-state index < -0.39 is 0 Å². The Morgan fingerprint density at radius 1 is 1.65 bits per heavy atom. The highest BCUT2D eigenvalue weighted by Gasteiger charge is 2.37. The van der Waals surface area contributed by atoms with Crippen molar-refractivity contribution in [2.75, 3.05) is 33.4 Å². The lowest BCUT2D eigenvalue weighted by atomic mass is 9.78. The van der Waals surface area contributed by atoms with Gasteiger partial charge in [-0.2, -0.15) is 0 Å². The number of thiazole rings is 1. The summed E-state index contributed by atoms with van der Waals surface area (Å²) >= 11 is 1.49. The van der Waals surface area contributed by atoms with Crippen molar-refractivity contribution in [3.8, 4) is 0 Å². The minimum Gasteiger partial charge on any atom is -0.396 e. The number of aromatic nitrogens is 1. The molecule has 1 N–H and O–H groups in total. The molecule has 0 unspecified atom stereocenters. The maximum Gasteiger partial charge on any atom is 0.273 e. The number of aryl methyl sites for hydroxylation is 1. The summed E-state index contributed by atoms with van der Waals surface area (Å²) in [5.41, 5.74) is 2.03. The van der Waals surface area contributed by atoms with Crippen molar-refractivity contribution in [2.24, 2.45) is 5.41 Å². The van der Waals surface area contributed by atoms with E-state index in [9.17, 15) is 9.90 Å². The molecule has 20 heavy (non-hydrogen) atoms. The number of carbonyl (C=O) groups is 1. The SMILES string of the molecule is COCC[C@]1(CO)CCCN(C(=O)c2ncsc2C)C1. The van der Waals surface area contributed by atoms with Crippen molar-refractivity contribution in [3.63, 3.8) is 0 Å². The smallest absolute Gasteiger partial charge is 0.273 e. The van der Waals surface area contributed by atoms with Gasteiger partial charge in [-0.25, -0.2) is 4.98 Å². The van der Waals surface area contributed by atoms with Crippen LogP contribution in [0.2, 0.25) is 0 Å². The Bertz CT molecular complexity index is 463. The number of hydrogen-bond donors (Lipinski definition) is 1. The Morgan fingerprint density at radius 3 is 3.05 bits per heavy atom. The van der Waals surface area contributed by atoms with Crippen LogP contribution in [0.4, 0.5) is 0 Å². The highest BCUT2D eigenvalue weighted by molar-refractivity contribution is 7.09. The van der Waals surface area contributed by atoms with Gasteiger partial charge < -0.3 is 14.7 Å². The van der Waals surface area contributed by atoms with Crippen LogP contribution in [0.15, 0.2) is 5.51 Å². The van der Waals surface area contributed by atoms with E-state index in [0.717, 1.165) is 30.7 Å². The summed E-state index contributed by atoms with van der Waals surface area (Å²) in [7, 11) is 1.66. The van der Waals surface area contributed by atoms with E-state index in [1.54, 1.807) is 12.6 Å². The van der Waals surface area contributed by atoms with Gasteiger partial charge in [0.05, 0.1) is 12.1 Å². The molecule has 6 heteroatoms. The van der Waals surface area contributed by atoms with Gasteiger partial charge in [0.1, 0.15) is 5.69 Å². The van der Waals surface area contributed by atoms with E-state index >= 15 is 0 Å². The molecule has 112 valence electrons. The molecule has 1 aromatic rings. The fourth-order valence-corrected chi connectivity index (χ4v) is 3.34. The number of amides is 1. The van der Waals surface area contributed by atoms with Gasteiger partial charge in [-0.15, -0.1) is 11.3 Å². The number of hydrogen-bond acceptors (Lipinski definition) is 5. The summed E-state index contributed by atoms with van der Waals surface area (Å²) in [5.74, 6) is -0.0151. The molecule has 1 aliphatic rings. The zero-order valence-electron chi connectivity index (χ0n) is 12.1. The summed E-state index contributed by atoms with van der Waals surface area (Å²) in [6.45, 7) is 3.95. The van der Waals surface area contributed by atoms with Crippen LogP contribution < -0.4 is 0 Å². The van der Waals surface area contributed by atoms with Crippen LogP contribution in [0.1, 0.15) is 34.6 Å². The third kappa shape index (κ3) is 3.19. The van der Waals surface area contributed by atoms with Crippen LogP contribution in [-0.2, 0) is 4.74 Å². The van der Waals surface area contributed by atoms with Crippen LogP contribution >= 0.6 is 11.3 Å². The molecule has 1 aromatic heterocycles. The highest BCUT2D eigenvalue weighted by Crippen LogP contribution is 2.34. The molecular formula is C14H22N2O3S. The van der Waals surface area contributed by atoms with Crippen LogP contribution in [0, 0.1) is 12.3 Å². The zero-order chi connectivity index (χ0) is 14.6. The average Bonchev–Trinajstić information content (AvgIpc) is 2.90. The van der Waals surface area contributed by atoms with Crippen LogP contribution in [-0.4, -0.2) is 54.3 Å². The van der Waals surface area contributed by atoms with Gasteiger partial charge in [0.15, 0.2) is 0 Å². The van der Waals surface area contributed by atoms with Crippen LogP contribution in [0.3, 0.4) is 0 Å². The summed E-state index contributed by atoms with van der Waals surface area (Å²) in [4.78, 5) is 19.5. The van der Waals surface area contributed by atoms with Gasteiger partial charge in [-0.1, -0.05) is 0 Å². The van der Waals surface area contributed by atoms with Crippen molar-refractivity contribution in [3.05, 3.63) is 16.1 Å². The first-order chi connectivity index (χ1) is 9.62. The second kappa shape index (κ2) is 6.65. The first-order valence-corrected chi connectivity index (χ1v) is 7.79. The minimum absolute atomic E-state index is 0.0151. The first kappa shape index (κ1) is 15.4. The lowest BCUT2D eigenvalue weighted by Gasteiger charge is -2.41. The standard InChI is InChI=1S/C14H22N2O3S/c1-11-12(15-10-20-11)13(18)16-6-3-4-14(8-16,9-17)5-7-19-2/h10,17H,3-9H2,1-2H3/t14-/m1/s1. The number of aliphatic hydroxyl groups excluding tert-OH is 1. The van der Waals surface area contributed by atoms with E-state index in [0.29, 0.717) is 18.8 Å². The average molecular weight is 298 g/mol. The number of carbonyl (C=O) groups excluding carboxylic acids is 1. The molecular weight excluding hydrogens is 276 g/mol. The number of ether oxygens (including phenoxy) is 1. The van der Waals surface area contributed by atoms with Crippen molar-refractivity contribution >= 4 is 17.2 Å². The number of piperidine rings is 1. The lowest BCUT2D eigenvalue weighted by Crippen LogP contribution is -2.48. The van der Waals surface area contributed by atoms with E-state index in [2.05, 4.69) is 4.98 Å². The second-order valence-corrected chi connectivity index (χ2v) is 6.55. The van der Waals surface area contributed by atoms with Gasteiger partial charge in [0.25, 0.3) is 5.91 Å². The third-order valence-electron chi connectivity index (χ3n) is 4.07. The van der Waals surface area contributed by atoms with Gasteiger partial charge >= 0.3 is 0 Å². The van der Waals surface area contributed by atoms with Crippen LogP contribution in [0.25, 0.3) is 0 Å². The van der Waals surface area contributed by atoms with Crippen molar-refractivity contribution in [1.82, 2.24) is 9.88 Å². The van der Waals surface area contributed by atoms with Crippen molar-refractivity contribution in [1.29, 1.82) is 0 Å². The molecule has 2 rings (SSSR count). The Balaban J connectivity index is 2.09. The molecule has 5 nitrogen and oxygen atoms in total. The lowest BCUT2D eigenvalue weighted by molar-refractivity contribution is 0.00874. The van der Waals surface area contributed by atoms with Gasteiger partial charge in [-0.3, -0.25) is 4.79 Å². The van der Waals surface area contributed by atoms with E-state index in [-0.39, 0.29) is 17.9 Å². The number of nitrogens with zero attached hydrogens (tertiary/aromatic N) is 2. The number of likely N-dealkylation sites (tertiary alicyclic amines) is 1. The maximum absolute atomic E-state index is 12.5.